The van der Waals surface area contributed by atoms with E-state index in [-0.39, 0.29) is 116 Å². The number of Topliss-reactive ketones (excluding diaryl/α,β-unsaturated/α-hetero) is 2. The highest BCUT2D eigenvalue weighted by Crippen LogP contribution is 2.52. The van der Waals surface area contributed by atoms with E-state index in [0.29, 0.717) is 117 Å². The van der Waals surface area contributed by atoms with Crippen molar-refractivity contribution in [1.82, 2.24) is 4.90 Å². The van der Waals surface area contributed by atoms with Crippen molar-refractivity contribution in [3.63, 3.8) is 0 Å². The summed E-state index contributed by atoms with van der Waals surface area (Å²) < 4.78 is 66.7. The Morgan fingerprint density at radius 1 is 0.683 bits per heavy atom. The van der Waals surface area contributed by atoms with Gasteiger partial charge in [0.25, 0.3) is 6.47 Å². The number of halogens is 1. The van der Waals surface area contributed by atoms with Gasteiger partial charge < -0.3 is 87.2 Å². The van der Waals surface area contributed by atoms with Crippen LogP contribution in [0.3, 0.4) is 0 Å². The van der Waals surface area contributed by atoms with Crippen LogP contribution in [0.25, 0.3) is 10.4 Å². The first-order valence-electron chi connectivity index (χ1n) is 39.9. The number of aliphatic hydroxyl groups is 2. The molecule has 7 rings (SSSR count). The number of cyclic esters (lactones) is 2. The minimum atomic E-state index is -0.769. The van der Waals surface area contributed by atoms with Crippen molar-refractivity contribution in [2.45, 2.75) is 172 Å². The van der Waals surface area contributed by atoms with Crippen LogP contribution in [0.1, 0.15) is 207 Å². The van der Waals surface area contributed by atoms with Gasteiger partial charge in [-0.15, -0.1) is 37.0 Å². The monoisotopic (exact) mass is 1780 g/mol. The van der Waals surface area contributed by atoms with Gasteiger partial charge in [-0.2, -0.15) is 12.6 Å². The Morgan fingerprint density at radius 2 is 1.14 bits per heavy atom. The van der Waals surface area contributed by atoms with Crippen LogP contribution in [-0.4, -0.2) is 260 Å². The second-order valence-electron chi connectivity index (χ2n) is 27.3. The number of azide groups is 1. The maximum Gasteiger partial charge on any atom is 0.346 e. The topological polar surface area (TPSA) is 426 Å². The zero-order valence-corrected chi connectivity index (χ0v) is 74.6. The van der Waals surface area contributed by atoms with E-state index < -0.39 is 11.9 Å². The number of methoxy groups -OCH3 is 2. The number of nitrogens with zero attached hydrogens (tertiary/aromatic N) is 6. The van der Waals surface area contributed by atoms with E-state index in [0.717, 1.165) is 127 Å². The number of isocyanates is 2. The number of alkyl halides is 1. The summed E-state index contributed by atoms with van der Waals surface area (Å²) in [6, 6.07) is 2.55. The molecule has 2 fully saturated rings. The van der Waals surface area contributed by atoms with E-state index in [1.807, 2.05) is 34.6 Å². The molecular weight excluding hydrogens is 1640 g/mol. The minimum absolute atomic E-state index is 0. The number of aliphatic imine (C=N–C) groups is 2. The van der Waals surface area contributed by atoms with E-state index >= 15 is 0 Å². The fourth-order valence-corrected chi connectivity index (χ4v) is 12.3. The van der Waals surface area contributed by atoms with Gasteiger partial charge in [0.05, 0.1) is 123 Å². The number of carbonyl (C=O) groups is 7. The maximum absolute atomic E-state index is 11.4. The number of hydrogen-bond acceptors (Lipinski definition) is 31. The number of allylic oxidation sites excluding steroid dienone is 4. The average molecular weight is 1780 g/mol. The van der Waals surface area contributed by atoms with Crippen molar-refractivity contribution in [1.29, 1.82) is 0 Å². The Kier molecular flexibility index (Phi) is 86.0. The Balaban J connectivity index is -0.000000409. The van der Waals surface area contributed by atoms with Gasteiger partial charge in [-0.05, 0) is 132 Å². The number of unbranched alkanes of at least 4 members (excludes halogenated alkanes) is 3. The number of benzene rings is 1. The van der Waals surface area contributed by atoms with Gasteiger partial charge in [0, 0.05) is 120 Å². The number of nitrogens with two attached hydrogens (primary N) is 1. The smallest absolute Gasteiger partial charge is 0.346 e. The summed E-state index contributed by atoms with van der Waals surface area (Å²) in [4.78, 5) is 109. The molecule has 2 bridgehead atoms. The van der Waals surface area contributed by atoms with Crippen molar-refractivity contribution in [3.05, 3.63) is 69.1 Å². The molecule has 6 aliphatic rings. The first kappa shape index (κ1) is 121. The van der Waals surface area contributed by atoms with Gasteiger partial charge in [0.2, 0.25) is 12.2 Å². The molecule has 0 saturated heterocycles. The van der Waals surface area contributed by atoms with Crippen LogP contribution < -0.4 is 5.73 Å². The summed E-state index contributed by atoms with van der Waals surface area (Å²) in [6.45, 7) is 31.5. The van der Waals surface area contributed by atoms with E-state index in [4.69, 9.17) is 88.1 Å². The summed E-state index contributed by atoms with van der Waals surface area (Å²) in [5.41, 5.74) is 14.0. The van der Waals surface area contributed by atoms with E-state index in [1.54, 1.807) is 19.1 Å². The molecule has 1 aliphatic heterocycles. The highest BCUT2D eigenvalue weighted by molar-refractivity contribution is 9.09. The molecule has 1 aromatic carbocycles. The molecule has 6 unspecified atom stereocenters. The number of hydrogen-bond donors (Lipinski definition) is 4. The first-order chi connectivity index (χ1) is 57.4. The summed E-state index contributed by atoms with van der Waals surface area (Å²) in [5.74, 6) is 9.64. The molecule has 5 aliphatic carbocycles. The normalized spacial score (nSPS) is 17.2. The number of ketones is 2. The summed E-state index contributed by atoms with van der Waals surface area (Å²) in [5, 5.41) is 19.5. The largest absolute Gasteiger partial charge is 0.469 e. The zero-order chi connectivity index (χ0) is 90.0. The third-order valence-corrected chi connectivity index (χ3v) is 17.8. The number of esters is 4. The molecule has 0 radical (unpaired) electrons. The van der Waals surface area contributed by atoms with Crippen LogP contribution in [0.5, 0.6) is 0 Å². The Hall–Kier alpha value is -7.39. The fraction of sp³-hybridized carbons (Fsp3) is 0.709. The Morgan fingerprint density at radius 3 is 1.54 bits per heavy atom. The second-order valence-corrected chi connectivity index (χ2v) is 28.0. The number of ether oxygens (including phenoxy) is 14. The molecule has 1 aromatic rings. The lowest BCUT2D eigenvalue weighted by Gasteiger charge is -2.44. The molecule has 34 heteroatoms. The lowest BCUT2D eigenvalue weighted by atomic mass is 9.63. The molecule has 0 aromatic heterocycles. The van der Waals surface area contributed by atoms with E-state index in [1.165, 1.54) is 39.2 Å². The predicted octanol–water partition coefficient (Wildman–Crippen LogP) is 12.4. The third-order valence-electron chi connectivity index (χ3n) is 17.2. The van der Waals surface area contributed by atoms with Gasteiger partial charge >= 0.3 is 23.9 Å². The number of aliphatic hydroxyl groups excluding tert-OH is 2. The van der Waals surface area contributed by atoms with Crippen LogP contribution in [0.2, 0.25) is 0 Å². The van der Waals surface area contributed by atoms with Gasteiger partial charge in [0.1, 0.15) is 12.2 Å². The average Bonchev–Trinajstić information content (AvgIpc) is 1.60. The molecule has 0 spiro atoms. The molecular formula is C86H140BrN7O25S. The highest BCUT2D eigenvalue weighted by atomic mass is 79.9. The van der Waals surface area contributed by atoms with E-state index in [2.05, 4.69) is 135 Å². The zero-order valence-electron chi connectivity index (χ0n) is 72.1. The second kappa shape index (κ2) is 85.2. The standard InChI is InChI=1S/C12H18N2O2.C12H15N.C11H4O5.C10H18O4.C10H12.C6H12O4.C5H11BrO2.C5H11N3O2.C5H13NO2.C5H12O2S.C4H10O2.CH4/c1-11(2)4-10(14-9-16)5-12(3,6-11)7-13-8-15;1-4-7-10-13(11-8-5-2)12-9-6-3;12-8-3-9(13)5-2-7-6(1-4(5)8)10(14)16-11(7)15;1-13-9(11)7-5-3-4-6-8-10(12)14-2;1-2-9-7-4-5-8(6-7)10(9)3-1;1-2-8-3-4-9-6-10-5-7;1-2-7-3-4-8-5-6;1-2-9-3-4-10-5-7-8-6;1-2-7-3-4-8-5-6;1-2-6-3-4-7-5-8;1-4(2-5)3-6;/h10H,4-7H2,1-3H3;1-3H,7-12H2;1-2H,3H2;3-8H2,1-2H3;1-2,4-5,7-10H,3,6H2;5H,2-4,6H2,1H3;2-5H2,1H3;2-5H2,1H3;2-6H2,1H3;8H,2-5H2,1H3;4-6H,2-3H2,1H3;1H4. The van der Waals surface area contributed by atoms with Crippen molar-refractivity contribution in [2.75, 3.05) is 184 Å². The number of carbonyl (C=O) groups excluding carboxylic acids is 9. The lowest BCUT2D eigenvalue weighted by molar-refractivity contribution is -0.142. The lowest BCUT2D eigenvalue weighted by Crippen LogP contribution is -2.39. The molecule has 682 valence electrons. The number of fused-ring (bicyclic) bond motifs is 7. The molecule has 4 N–H and O–H groups in total. The van der Waals surface area contributed by atoms with Crippen LogP contribution >= 0.6 is 28.6 Å². The van der Waals surface area contributed by atoms with Crippen molar-refractivity contribution in [2.24, 2.45) is 61.3 Å². The predicted molar refractivity (Wildman–Crippen MR) is 465 cm³/mol. The molecule has 6 atom stereocenters. The SMILES string of the molecule is C.C#CCCN(CCC#C)CCC#C.C1=CC2C3C=CC(C3)C2C1.CC(CO)CO.CC1(C)CC(N=C=O)CC(C)(CN=C=O)C1.CCOCCOCBr.CCOCCOCN.CCOCCOCN=[N+]=[N-].CCOCCOCOC=O.CCOCCOCS.COC(=O)CCCCCCC(=O)OC.O=C1CC(=O)c2cc3c(cc21)C(=O)OC3=O. The first-order valence-corrected chi connectivity index (χ1v) is 41.7. The summed E-state index contributed by atoms with van der Waals surface area (Å²) >= 11 is 6.97. The molecule has 1 heterocycles. The van der Waals surface area contributed by atoms with Crippen LogP contribution in [-0.2, 0) is 90.3 Å². The van der Waals surface area contributed by atoms with Crippen LogP contribution in [0.4, 0.5) is 0 Å². The molecule has 2 saturated carbocycles. The van der Waals surface area contributed by atoms with Crippen LogP contribution in [0.15, 0.2) is 51.5 Å². The number of rotatable bonds is 46. The van der Waals surface area contributed by atoms with Crippen LogP contribution in [0, 0.1) is 77.5 Å². The minimum Gasteiger partial charge on any atom is -0.469 e. The van der Waals surface area contributed by atoms with Gasteiger partial charge in [-0.1, -0.05) is 93.3 Å². The Bertz CT molecular complexity index is 2990. The molecule has 32 nitrogen and oxygen atoms in total. The van der Waals surface area contributed by atoms with Gasteiger partial charge in [-0.3, -0.25) is 24.0 Å². The van der Waals surface area contributed by atoms with Gasteiger partial charge in [-0.25, -0.2) is 29.2 Å². The van der Waals surface area contributed by atoms with Crippen molar-refractivity contribution in [3.8, 4) is 37.0 Å². The third kappa shape index (κ3) is 66.3. The van der Waals surface area contributed by atoms with E-state index in [9.17, 15) is 43.2 Å². The Labute approximate surface area is 727 Å². The number of terminal acetylenes is 3. The van der Waals surface area contributed by atoms with Gasteiger partial charge in [0.15, 0.2) is 18.4 Å². The summed E-state index contributed by atoms with van der Waals surface area (Å²) in [7, 11) is 2.78. The molecule has 0 amide bonds. The quantitative estimate of drug-likeness (QED) is 0.00373. The number of thiol groups is 1. The maximum atomic E-state index is 11.4. The highest BCUT2D eigenvalue weighted by Gasteiger charge is 2.44. The van der Waals surface area contributed by atoms with Crippen molar-refractivity contribution < 1.29 is 120 Å². The van der Waals surface area contributed by atoms with Crippen molar-refractivity contribution >= 4 is 82.6 Å². The fourth-order valence-electron chi connectivity index (χ4n) is 11.9. The summed E-state index contributed by atoms with van der Waals surface area (Å²) in [6.07, 6.45) is 40.5. The molecule has 120 heavy (non-hydrogen) atoms.